The van der Waals surface area contributed by atoms with E-state index in [1.165, 1.54) is 0 Å². The predicted octanol–water partition coefficient (Wildman–Crippen LogP) is 4.38. The highest BCUT2D eigenvalue weighted by atomic mass is 32.2. The fourth-order valence-corrected chi connectivity index (χ4v) is 4.23. The second kappa shape index (κ2) is 9.06. The van der Waals surface area contributed by atoms with Crippen LogP contribution in [0, 0.1) is 0 Å². The first-order valence-electron chi connectivity index (χ1n) is 9.08. The number of carboxylic acid groups (broad SMARTS) is 1. The maximum atomic E-state index is 12.2. The number of carbonyl (C=O) groups is 2. The maximum Gasteiger partial charge on any atom is 0.335 e. The van der Waals surface area contributed by atoms with Crippen LogP contribution in [0.3, 0.4) is 0 Å². The predicted molar refractivity (Wildman–Crippen MR) is 104 cm³/mol. The first-order valence-corrected chi connectivity index (χ1v) is 10.1. The first kappa shape index (κ1) is 19.5. The van der Waals surface area contributed by atoms with Gasteiger partial charge in [0.15, 0.2) is 0 Å². The maximum absolute atomic E-state index is 12.2. The number of thioether (sulfide) groups is 1. The minimum atomic E-state index is -0.920. The van der Waals surface area contributed by atoms with Crippen LogP contribution in [-0.4, -0.2) is 33.3 Å². The highest BCUT2D eigenvalue weighted by Gasteiger charge is 2.25. The lowest BCUT2D eigenvalue weighted by Crippen LogP contribution is -2.36. The van der Waals surface area contributed by atoms with E-state index < -0.39 is 5.97 Å². The van der Waals surface area contributed by atoms with Gasteiger partial charge in [-0.15, -0.1) is 11.8 Å². The molecular weight excluding hydrogens is 362 g/mol. The second-order valence-electron chi connectivity index (χ2n) is 6.75. The summed E-state index contributed by atoms with van der Waals surface area (Å²) in [7, 11) is 0. The molecule has 2 N–H and O–H groups in total. The number of carboxylic acids is 1. The van der Waals surface area contributed by atoms with E-state index in [9.17, 15) is 19.9 Å². The van der Waals surface area contributed by atoms with Crippen LogP contribution in [0.2, 0.25) is 0 Å². The Hall–Kier alpha value is -2.31. The van der Waals surface area contributed by atoms with Gasteiger partial charge in [0.1, 0.15) is 0 Å². The molecule has 0 aromatic heterocycles. The molecule has 0 bridgehead atoms. The van der Waals surface area contributed by atoms with Gasteiger partial charge >= 0.3 is 5.97 Å². The van der Waals surface area contributed by atoms with Gasteiger partial charge in [-0.25, -0.2) is 9.86 Å². The fraction of sp³-hybridized carbons (Fsp3) is 0.333. The van der Waals surface area contributed by atoms with Crippen LogP contribution in [-0.2, 0) is 17.0 Å². The second-order valence-corrected chi connectivity index (χ2v) is 7.80. The molecule has 2 aromatic carbocycles. The summed E-state index contributed by atoms with van der Waals surface area (Å²) in [6.45, 7) is 0. The number of carbonyl (C=O) groups excluding carboxylic acids is 1. The molecule has 0 heterocycles. The molecule has 0 aliphatic heterocycles. The summed E-state index contributed by atoms with van der Waals surface area (Å²) in [5.74, 6) is -0.624. The number of nitrogens with zero attached hydrogens (tertiary/aromatic N) is 1. The highest BCUT2D eigenvalue weighted by Crippen LogP contribution is 2.26. The Kier molecular flexibility index (Phi) is 6.53. The molecule has 2 aromatic rings. The van der Waals surface area contributed by atoms with E-state index >= 15 is 0 Å². The Morgan fingerprint density at radius 2 is 1.70 bits per heavy atom. The van der Waals surface area contributed by atoms with E-state index in [4.69, 9.17) is 0 Å². The normalized spacial score (nSPS) is 14.3. The third kappa shape index (κ3) is 5.11. The quantitative estimate of drug-likeness (QED) is 0.420. The number of hydrogen-bond donors (Lipinski definition) is 2. The molecule has 1 aliphatic rings. The molecule has 1 saturated carbocycles. The number of benzene rings is 2. The lowest BCUT2D eigenvalue weighted by molar-refractivity contribution is -0.174. The van der Waals surface area contributed by atoms with Gasteiger partial charge in [0.2, 0.25) is 0 Å². The Morgan fingerprint density at radius 1 is 1.04 bits per heavy atom. The SMILES string of the molecule is O=C(O)c1ccccc1CSc1ccc(CC(=O)N(O)C2CCCC2)cc1. The van der Waals surface area contributed by atoms with Crippen LogP contribution in [0.4, 0.5) is 0 Å². The van der Waals surface area contributed by atoms with Gasteiger partial charge in [0, 0.05) is 10.6 Å². The van der Waals surface area contributed by atoms with Crippen LogP contribution in [0.25, 0.3) is 0 Å². The van der Waals surface area contributed by atoms with E-state index in [2.05, 4.69) is 0 Å². The summed E-state index contributed by atoms with van der Waals surface area (Å²) in [5, 5.41) is 20.2. The van der Waals surface area contributed by atoms with Crippen molar-refractivity contribution in [3.8, 4) is 0 Å². The zero-order chi connectivity index (χ0) is 19.2. The number of hydrogen-bond acceptors (Lipinski definition) is 4. The lowest BCUT2D eigenvalue weighted by Gasteiger charge is -2.21. The number of amides is 1. The summed E-state index contributed by atoms with van der Waals surface area (Å²) in [6, 6.07) is 14.6. The molecule has 0 spiro atoms. The number of hydroxylamine groups is 2. The van der Waals surface area contributed by atoms with Crippen LogP contribution in [0.1, 0.15) is 47.2 Å². The van der Waals surface area contributed by atoms with Crippen molar-refractivity contribution in [1.82, 2.24) is 5.06 Å². The van der Waals surface area contributed by atoms with Gasteiger partial charge in [0.25, 0.3) is 5.91 Å². The van der Waals surface area contributed by atoms with E-state index in [1.807, 2.05) is 36.4 Å². The van der Waals surface area contributed by atoms with Gasteiger partial charge < -0.3 is 5.11 Å². The average Bonchev–Trinajstić information content (AvgIpc) is 3.21. The Labute approximate surface area is 163 Å². The Morgan fingerprint density at radius 3 is 2.37 bits per heavy atom. The van der Waals surface area contributed by atoms with Crippen molar-refractivity contribution in [3.63, 3.8) is 0 Å². The van der Waals surface area contributed by atoms with Crippen molar-refractivity contribution in [1.29, 1.82) is 0 Å². The van der Waals surface area contributed by atoms with Crippen molar-refractivity contribution in [2.24, 2.45) is 0 Å². The molecular formula is C21H23NO4S. The third-order valence-corrected chi connectivity index (χ3v) is 5.91. The summed E-state index contributed by atoms with van der Waals surface area (Å²) in [4.78, 5) is 24.5. The lowest BCUT2D eigenvalue weighted by atomic mass is 10.1. The molecule has 1 aliphatic carbocycles. The Balaban J connectivity index is 1.56. The largest absolute Gasteiger partial charge is 0.478 e. The van der Waals surface area contributed by atoms with Crippen LogP contribution < -0.4 is 0 Å². The average molecular weight is 385 g/mol. The molecule has 0 radical (unpaired) electrons. The molecule has 1 fully saturated rings. The van der Waals surface area contributed by atoms with Crippen molar-refractivity contribution >= 4 is 23.6 Å². The summed E-state index contributed by atoms with van der Waals surface area (Å²) in [5.41, 5.74) is 1.95. The van der Waals surface area contributed by atoms with Crippen molar-refractivity contribution in [2.75, 3.05) is 0 Å². The Bertz CT molecular complexity index is 800. The van der Waals surface area contributed by atoms with Crippen LogP contribution in [0.5, 0.6) is 0 Å². The molecule has 6 heteroatoms. The van der Waals surface area contributed by atoms with Gasteiger partial charge in [0.05, 0.1) is 18.0 Å². The molecule has 0 unspecified atom stereocenters. The fourth-order valence-electron chi connectivity index (χ4n) is 3.33. The zero-order valence-corrected chi connectivity index (χ0v) is 15.8. The topological polar surface area (TPSA) is 77.8 Å². The van der Waals surface area contributed by atoms with E-state index in [1.54, 1.807) is 23.9 Å². The molecule has 0 saturated heterocycles. The van der Waals surface area contributed by atoms with Crippen molar-refractivity contribution < 1.29 is 19.9 Å². The third-order valence-electron chi connectivity index (χ3n) is 4.85. The molecule has 27 heavy (non-hydrogen) atoms. The zero-order valence-electron chi connectivity index (χ0n) is 15.0. The molecule has 142 valence electrons. The standard InChI is InChI=1S/C21H23NO4S/c23-20(22(26)17-6-2-3-7-17)13-15-9-11-18(12-10-15)27-14-16-5-1-4-8-19(16)21(24)25/h1,4-5,8-12,17,26H,2-3,6-7,13-14H2,(H,24,25). The van der Waals surface area contributed by atoms with Crippen LogP contribution >= 0.6 is 11.8 Å². The minimum absolute atomic E-state index is 0.0402. The molecule has 0 atom stereocenters. The number of aromatic carboxylic acids is 1. The monoisotopic (exact) mass is 385 g/mol. The summed E-state index contributed by atoms with van der Waals surface area (Å²) < 4.78 is 0. The van der Waals surface area contributed by atoms with E-state index in [0.29, 0.717) is 11.3 Å². The van der Waals surface area contributed by atoms with Crippen molar-refractivity contribution in [3.05, 3.63) is 65.2 Å². The van der Waals surface area contributed by atoms with Gasteiger partial charge in [-0.1, -0.05) is 43.2 Å². The van der Waals surface area contributed by atoms with Crippen molar-refractivity contribution in [2.45, 2.75) is 48.8 Å². The molecule has 3 rings (SSSR count). The van der Waals surface area contributed by atoms with Gasteiger partial charge in [-0.3, -0.25) is 10.0 Å². The van der Waals surface area contributed by atoms with E-state index in [-0.39, 0.29) is 18.4 Å². The van der Waals surface area contributed by atoms with Gasteiger partial charge in [-0.05, 0) is 42.2 Å². The van der Waals surface area contributed by atoms with Crippen LogP contribution in [0.15, 0.2) is 53.4 Å². The number of rotatable bonds is 7. The highest BCUT2D eigenvalue weighted by molar-refractivity contribution is 7.98. The van der Waals surface area contributed by atoms with E-state index in [0.717, 1.165) is 46.8 Å². The minimum Gasteiger partial charge on any atom is -0.478 e. The smallest absolute Gasteiger partial charge is 0.335 e. The summed E-state index contributed by atoms with van der Waals surface area (Å²) >= 11 is 1.55. The first-order chi connectivity index (χ1) is 13.0. The summed E-state index contributed by atoms with van der Waals surface area (Å²) in [6.07, 6.45) is 4.04. The van der Waals surface area contributed by atoms with Gasteiger partial charge in [-0.2, -0.15) is 0 Å². The molecule has 5 nitrogen and oxygen atoms in total. The molecule has 1 amide bonds.